The van der Waals surface area contributed by atoms with E-state index < -0.39 is 0 Å². The fourth-order valence-electron chi connectivity index (χ4n) is 2.60. The molecule has 0 unspecified atom stereocenters. The fraction of sp³-hybridized carbons (Fsp3) is 0.571. The first kappa shape index (κ1) is 11.9. The molecular weight excluding hydrogens is 218 g/mol. The summed E-state index contributed by atoms with van der Waals surface area (Å²) < 4.78 is 0. The van der Waals surface area contributed by atoms with Crippen molar-refractivity contribution < 1.29 is 0 Å². The molecule has 0 saturated heterocycles. The average Bonchev–Trinajstić information content (AvgIpc) is 2.30. The summed E-state index contributed by atoms with van der Waals surface area (Å²) in [6, 6.07) is 6.30. The molecule has 0 bridgehead atoms. The Labute approximate surface area is 103 Å². The van der Waals surface area contributed by atoms with Crippen LogP contribution >= 0.6 is 11.6 Å². The molecule has 1 nitrogen and oxygen atoms in total. The van der Waals surface area contributed by atoms with Crippen LogP contribution in [-0.2, 0) is 6.54 Å². The third-order valence-corrected chi connectivity index (χ3v) is 4.08. The van der Waals surface area contributed by atoms with Crippen molar-refractivity contribution in [3.63, 3.8) is 0 Å². The van der Waals surface area contributed by atoms with Crippen molar-refractivity contribution in [3.8, 4) is 0 Å². The highest BCUT2D eigenvalue weighted by molar-refractivity contribution is 6.31. The molecule has 2 N–H and O–H groups in total. The summed E-state index contributed by atoms with van der Waals surface area (Å²) in [6.45, 7) is 2.91. The van der Waals surface area contributed by atoms with Crippen LogP contribution < -0.4 is 5.73 Å². The fourth-order valence-corrected chi connectivity index (χ4v) is 2.96. The zero-order valence-electron chi connectivity index (χ0n) is 9.88. The summed E-state index contributed by atoms with van der Waals surface area (Å²) >= 11 is 6.32. The smallest absolute Gasteiger partial charge is 0.0444 e. The summed E-state index contributed by atoms with van der Waals surface area (Å²) in [5.74, 6) is 1.55. The van der Waals surface area contributed by atoms with Crippen LogP contribution in [0.1, 0.15) is 49.7 Å². The third kappa shape index (κ3) is 2.58. The maximum atomic E-state index is 6.32. The molecule has 0 spiro atoms. The van der Waals surface area contributed by atoms with Crippen LogP contribution in [0, 0.1) is 5.92 Å². The van der Waals surface area contributed by atoms with Crippen molar-refractivity contribution in [2.24, 2.45) is 11.7 Å². The lowest BCUT2D eigenvalue weighted by Gasteiger charge is -2.27. The SMILES string of the molecule is CC1CCC(c2ccc(CN)cc2Cl)CC1. The summed E-state index contributed by atoms with van der Waals surface area (Å²) in [7, 11) is 0. The van der Waals surface area contributed by atoms with Crippen LogP contribution in [0.2, 0.25) is 5.02 Å². The van der Waals surface area contributed by atoms with E-state index in [1.165, 1.54) is 31.2 Å². The lowest BCUT2D eigenvalue weighted by atomic mass is 9.79. The number of nitrogens with two attached hydrogens (primary N) is 1. The first-order chi connectivity index (χ1) is 7.70. The molecule has 1 aromatic rings. The van der Waals surface area contributed by atoms with Gasteiger partial charge in [-0.25, -0.2) is 0 Å². The Morgan fingerprint density at radius 3 is 2.50 bits per heavy atom. The number of hydrogen-bond donors (Lipinski definition) is 1. The second-order valence-corrected chi connectivity index (χ2v) is 5.42. The van der Waals surface area contributed by atoms with E-state index in [0.717, 1.165) is 16.5 Å². The molecule has 0 radical (unpaired) electrons. The lowest BCUT2D eigenvalue weighted by molar-refractivity contribution is 0.348. The minimum absolute atomic E-state index is 0.571. The van der Waals surface area contributed by atoms with Gasteiger partial charge in [-0.05, 0) is 41.9 Å². The van der Waals surface area contributed by atoms with Gasteiger partial charge in [0, 0.05) is 11.6 Å². The lowest BCUT2D eigenvalue weighted by Crippen LogP contribution is -2.11. The van der Waals surface area contributed by atoms with Gasteiger partial charge in [0.1, 0.15) is 0 Å². The first-order valence-electron chi connectivity index (χ1n) is 6.19. The topological polar surface area (TPSA) is 26.0 Å². The van der Waals surface area contributed by atoms with E-state index in [0.29, 0.717) is 12.5 Å². The minimum Gasteiger partial charge on any atom is -0.326 e. The van der Waals surface area contributed by atoms with Gasteiger partial charge in [-0.3, -0.25) is 0 Å². The van der Waals surface area contributed by atoms with Gasteiger partial charge in [0.25, 0.3) is 0 Å². The largest absolute Gasteiger partial charge is 0.326 e. The molecule has 1 saturated carbocycles. The number of halogens is 1. The summed E-state index contributed by atoms with van der Waals surface area (Å²) in [5, 5.41) is 0.905. The number of hydrogen-bond acceptors (Lipinski definition) is 1. The van der Waals surface area contributed by atoms with Gasteiger partial charge in [-0.1, -0.05) is 43.5 Å². The van der Waals surface area contributed by atoms with E-state index in [9.17, 15) is 0 Å². The predicted molar refractivity (Wildman–Crippen MR) is 69.7 cm³/mol. The Balaban J connectivity index is 2.14. The van der Waals surface area contributed by atoms with E-state index >= 15 is 0 Å². The molecule has 2 rings (SSSR count). The van der Waals surface area contributed by atoms with E-state index in [1.54, 1.807) is 0 Å². The molecule has 0 amide bonds. The van der Waals surface area contributed by atoms with Gasteiger partial charge in [0.2, 0.25) is 0 Å². The second-order valence-electron chi connectivity index (χ2n) is 5.02. The van der Waals surface area contributed by atoms with Crippen LogP contribution in [0.15, 0.2) is 18.2 Å². The van der Waals surface area contributed by atoms with Gasteiger partial charge in [0.15, 0.2) is 0 Å². The number of rotatable bonds is 2. The van der Waals surface area contributed by atoms with E-state index in [1.807, 2.05) is 6.07 Å². The van der Waals surface area contributed by atoms with E-state index in [-0.39, 0.29) is 0 Å². The third-order valence-electron chi connectivity index (χ3n) is 3.76. The molecule has 1 fully saturated rings. The first-order valence-corrected chi connectivity index (χ1v) is 6.57. The molecule has 1 aliphatic carbocycles. The van der Waals surface area contributed by atoms with Crippen LogP contribution in [0.4, 0.5) is 0 Å². The molecular formula is C14H20ClN. The normalized spacial score (nSPS) is 25.7. The monoisotopic (exact) mass is 237 g/mol. The van der Waals surface area contributed by atoms with E-state index in [2.05, 4.69) is 19.1 Å². The van der Waals surface area contributed by atoms with Gasteiger partial charge in [-0.15, -0.1) is 0 Å². The Morgan fingerprint density at radius 2 is 1.94 bits per heavy atom. The van der Waals surface area contributed by atoms with Crippen LogP contribution in [0.3, 0.4) is 0 Å². The molecule has 0 aromatic heterocycles. The highest BCUT2D eigenvalue weighted by atomic mass is 35.5. The average molecular weight is 238 g/mol. The van der Waals surface area contributed by atoms with Crippen LogP contribution in [0.25, 0.3) is 0 Å². The van der Waals surface area contributed by atoms with Crippen molar-refractivity contribution in [2.45, 2.75) is 45.1 Å². The van der Waals surface area contributed by atoms with Gasteiger partial charge in [0.05, 0.1) is 0 Å². The Kier molecular flexibility index (Phi) is 3.88. The summed E-state index contributed by atoms with van der Waals surface area (Å²) in [4.78, 5) is 0. The predicted octanol–water partition coefficient (Wildman–Crippen LogP) is 4.09. The van der Waals surface area contributed by atoms with Crippen LogP contribution in [0.5, 0.6) is 0 Å². The highest BCUT2D eigenvalue weighted by Gasteiger charge is 2.21. The molecule has 1 aromatic carbocycles. The minimum atomic E-state index is 0.571. The molecule has 16 heavy (non-hydrogen) atoms. The van der Waals surface area contributed by atoms with Gasteiger partial charge >= 0.3 is 0 Å². The van der Waals surface area contributed by atoms with Crippen LogP contribution in [-0.4, -0.2) is 0 Å². The summed E-state index contributed by atoms with van der Waals surface area (Å²) in [6.07, 6.45) is 5.23. The number of benzene rings is 1. The van der Waals surface area contributed by atoms with Gasteiger partial charge < -0.3 is 5.73 Å². The molecule has 2 heteroatoms. The Hall–Kier alpha value is -0.530. The van der Waals surface area contributed by atoms with Crippen molar-refractivity contribution in [3.05, 3.63) is 34.3 Å². The molecule has 0 atom stereocenters. The Morgan fingerprint density at radius 1 is 1.25 bits per heavy atom. The molecule has 1 aliphatic rings. The maximum Gasteiger partial charge on any atom is 0.0444 e. The molecule has 0 aliphatic heterocycles. The second kappa shape index (κ2) is 5.20. The molecule has 88 valence electrons. The van der Waals surface area contributed by atoms with Crippen molar-refractivity contribution in [2.75, 3.05) is 0 Å². The quantitative estimate of drug-likeness (QED) is 0.824. The highest BCUT2D eigenvalue weighted by Crippen LogP contribution is 2.38. The van der Waals surface area contributed by atoms with Crippen molar-refractivity contribution in [1.82, 2.24) is 0 Å². The maximum absolute atomic E-state index is 6.32. The summed E-state index contributed by atoms with van der Waals surface area (Å²) in [5.41, 5.74) is 8.05. The zero-order valence-corrected chi connectivity index (χ0v) is 10.6. The Bertz CT molecular complexity index is 354. The van der Waals surface area contributed by atoms with Crippen molar-refractivity contribution >= 4 is 11.6 Å². The van der Waals surface area contributed by atoms with Crippen molar-refractivity contribution in [1.29, 1.82) is 0 Å². The van der Waals surface area contributed by atoms with E-state index in [4.69, 9.17) is 17.3 Å². The zero-order chi connectivity index (χ0) is 11.5. The van der Waals surface area contributed by atoms with Gasteiger partial charge in [-0.2, -0.15) is 0 Å². The standard InChI is InChI=1S/C14H20ClN/c1-10-2-5-12(6-3-10)13-7-4-11(9-16)8-14(13)15/h4,7-8,10,12H,2-3,5-6,9,16H2,1H3. The molecule has 0 heterocycles.